The zero-order valence-electron chi connectivity index (χ0n) is 15.5. The van der Waals surface area contributed by atoms with E-state index < -0.39 is 6.10 Å². The highest BCUT2D eigenvalue weighted by atomic mass is 35.5. The predicted molar refractivity (Wildman–Crippen MR) is 111 cm³/mol. The minimum atomic E-state index is -0.464. The molecule has 2 rings (SSSR count). The number of halogens is 1. The third-order valence-corrected chi connectivity index (χ3v) is 5.23. The molecule has 26 heavy (non-hydrogen) atoms. The zero-order valence-corrected chi connectivity index (χ0v) is 17.1. The fourth-order valence-corrected chi connectivity index (χ4v) is 3.60. The molecule has 0 aliphatic rings. The summed E-state index contributed by atoms with van der Waals surface area (Å²) in [4.78, 5) is 12.4. The quantitative estimate of drug-likeness (QED) is 0.599. The van der Waals surface area contributed by atoms with Gasteiger partial charge in [-0.05, 0) is 49.6 Å². The van der Waals surface area contributed by atoms with Crippen LogP contribution in [0.3, 0.4) is 0 Å². The second-order valence-electron chi connectivity index (χ2n) is 6.26. The van der Waals surface area contributed by atoms with E-state index in [9.17, 15) is 4.79 Å². The van der Waals surface area contributed by atoms with Crippen LogP contribution in [0.25, 0.3) is 0 Å². The van der Waals surface area contributed by atoms with E-state index >= 15 is 0 Å². The van der Waals surface area contributed by atoms with Crippen molar-refractivity contribution in [1.29, 1.82) is 0 Å². The molecule has 1 amide bonds. The third-order valence-electron chi connectivity index (χ3n) is 3.97. The van der Waals surface area contributed by atoms with E-state index in [4.69, 9.17) is 16.3 Å². The number of hydrogen-bond donors (Lipinski definition) is 1. The van der Waals surface area contributed by atoms with E-state index in [1.807, 2.05) is 51.1 Å². The predicted octanol–water partition coefficient (Wildman–Crippen LogP) is 5.16. The second-order valence-corrected chi connectivity index (χ2v) is 7.80. The highest BCUT2D eigenvalue weighted by Crippen LogP contribution is 2.21. The summed E-state index contributed by atoms with van der Waals surface area (Å²) < 4.78 is 5.92. The fourth-order valence-electron chi connectivity index (χ4n) is 2.58. The van der Waals surface area contributed by atoms with Gasteiger partial charge < -0.3 is 10.1 Å². The Balaban J connectivity index is 1.74. The number of amides is 1. The molecule has 140 valence electrons. The average molecular weight is 392 g/mol. The van der Waals surface area contributed by atoms with Crippen LogP contribution in [0.4, 0.5) is 0 Å². The Kier molecular flexibility index (Phi) is 8.33. The van der Waals surface area contributed by atoms with Gasteiger partial charge in [-0.3, -0.25) is 4.79 Å². The number of aryl methyl sites for hydroxylation is 2. The Morgan fingerprint density at radius 2 is 2.04 bits per heavy atom. The van der Waals surface area contributed by atoms with E-state index in [0.29, 0.717) is 13.0 Å². The van der Waals surface area contributed by atoms with Crippen molar-refractivity contribution in [3.05, 3.63) is 64.2 Å². The molecule has 0 aromatic heterocycles. The standard InChI is InChI=1S/C21H26ClNO2S/c1-4-19(25-20-9-8-15(2)12-16(20)3)21(24)23-10-11-26-14-17-6-5-7-18(22)13-17/h5-9,12-13,19H,4,10-11,14H2,1-3H3,(H,23,24)/t19-/m1/s1. The summed E-state index contributed by atoms with van der Waals surface area (Å²) in [6.07, 6.45) is 0.170. The van der Waals surface area contributed by atoms with Gasteiger partial charge in [-0.2, -0.15) is 11.8 Å². The van der Waals surface area contributed by atoms with Crippen molar-refractivity contribution in [1.82, 2.24) is 5.32 Å². The third kappa shape index (κ3) is 6.58. The van der Waals surface area contributed by atoms with E-state index in [1.54, 1.807) is 11.8 Å². The smallest absolute Gasteiger partial charge is 0.261 e. The van der Waals surface area contributed by atoms with Crippen molar-refractivity contribution >= 4 is 29.3 Å². The lowest BCUT2D eigenvalue weighted by Gasteiger charge is -2.19. The van der Waals surface area contributed by atoms with E-state index in [0.717, 1.165) is 27.8 Å². The van der Waals surface area contributed by atoms with Gasteiger partial charge in [0, 0.05) is 23.1 Å². The molecular formula is C21H26ClNO2S. The summed E-state index contributed by atoms with van der Waals surface area (Å²) in [6, 6.07) is 13.8. The van der Waals surface area contributed by atoms with Crippen molar-refractivity contribution in [3.63, 3.8) is 0 Å². The minimum absolute atomic E-state index is 0.0594. The molecule has 0 unspecified atom stereocenters. The largest absolute Gasteiger partial charge is 0.480 e. The monoisotopic (exact) mass is 391 g/mol. The van der Waals surface area contributed by atoms with Gasteiger partial charge in [0.2, 0.25) is 0 Å². The highest BCUT2D eigenvalue weighted by Gasteiger charge is 2.18. The first kappa shape index (κ1) is 20.7. The van der Waals surface area contributed by atoms with Crippen LogP contribution < -0.4 is 10.1 Å². The van der Waals surface area contributed by atoms with Crippen LogP contribution in [-0.2, 0) is 10.5 Å². The lowest BCUT2D eigenvalue weighted by atomic mass is 10.1. The van der Waals surface area contributed by atoms with Crippen LogP contribution in [0, 0.1) is 13.8 Å². The Hall–Kier alpha value is -1.65. The Labute approximate surface area is 165 Å². The van der Waals surface area contributed by atoms with Crippen LogP contribution in [0.5, 0.6) is 5.75 Å². The van der Waals surface area contributed by atoms with Crippen LogP contribution in [0.1, 0.15) is 30.0 Å². The molecule has 0 aliphatic carbocycles. The lowest BCUT2D eigenvalue weighted by molar-refractivity contribution is -0.128. The van der Waals surface area contributed by atoms with Gasteiger partial charge in [-0.1, -0.05) is 48.4 Å². The molecule has 0 saturated carbocycles. The number of carbonyl (C=O) groups is 1. The summed E-state index contributed by atoms with van der Waals surface area (Å²) >= 11 is 7.75. The molecule has 0 heterocycles. The number of carbonyl (C=O) groups excluding carboxylic acids is 1. The maximum Gasteiger partial charge on any atom is 0.261 e. The van der Waals surface area contributed by atoms with Crippen molar-refractivity contribution in [2.75, 3.05) is 12.3 Å². The van der Waals surface area contributed by atoms with Gasteiger partial charge in [-0.25, -0.2) is 0 Å². The summed E-state index contributed by atoms with van der Waals surface area (Å²) in [6.45, 7) is 6.62. The maximum absolute atomic E-state index is 12.4. The topological polar surface area (TPSA) is 38.3 Å². The average Bonchev–Trinajstić information content (AvgIpc) is 2.60. The zero-order chi connectivity index (χ0) is 18.9. The lowest BCUT2D eigenvalue weighted by Crippen LogP contribution is -2.39. The number of thioether (sulfide) groups is 1. The van der Waals surface area contributed by atoms with E-state index in [2.05, 4.69) is 17.4 Å². The number of nitrogens with one attached hydrogen (secondary N) is 1. The molecule has 1 atom stereocenters. The van der Waals surface area contributed by atoms with E-state index in [1.165, 1.54) is 11.1 Å². The van der Waals surface area contributed by atoms with E-state index in [-0.39, 0.29) is 5.91 Å². The highest BCUT2D eigenvalue weighted by molar-refractivity contribution is 7.98. The first-order valence-electron chi connectivity index (χ1n) is 8.83. The number of rotatable bonds is 9. The van der Waals surface area contributed by atoms with Gasteiger partial charge in [-0.15, -0.1) is 0 Å². The molecular weight excluding hydrogens is 366 g/mol. The van der Waals surface area contributed by atoms with Gasteiger partial charge in [0.15, 0.2) is 6.10 Å². The molecule has 1 N–H and O–H groups in total. The fraction of sp³-hybridized carbons (Fsp3) is 0.381. The molecule has 0 bridgehead atoms. The number of benzene rings is 2. The van der Waals surface area contributed by atoms with Crippen LogP contribution in [0.2, 0.25) is 5.02 Å². The van der Waals surface area contributed by atoms with Crippen LogP contribution in [0.15, 0.2) is 42.5 Å². The molecule has 2 aromatic rings. The molecule has 0 aliphatic heterocycles. The van der Waals surface area contributed by atoms with Gasteiger partial charge in [0.05, 0.1) is 0 Å². The van der Waals surface area contributed by atoms with Gasteiger partial charge >= 0.3 is 0 Å². The number of hydrogen-bond acceptors (Lipinski definition) is 3. The molecule has 0 radical (unpaired) electrons. The summed E-state index contributed by atoms with van der Waals surface area (Å²) in [5.74, 6) is 2.44. The van der Waals surface area contributed by atoms with Crippen molar-refractivity contribution in [2.45, 2.75) is 39.0 Å². The van der Waals surface area contributed by atoms with Crippen molar-refractivity contribution in [2.24, 2.45) is 0 Å². The molecule has 0 spiro atoms. The van der Waals surface area contributed by atoms with Crippen molar-refractivity contribution < 1.29 is 9.53 Å². The Morgan fingerprint density at radius 3 is 2.73 bits per heavy atom. The molecule has 5 heteroatoms. The van der Waals surface area contributed by atoms with Crippen LogP contribution in [-0.4, -0.2) is 24.3 Å². The maximum atomic E-state index is 12.4. The molecule has 0 fully saturated rings. The minimum Gasteiger partial charge on any atom is -0.480 e. The Bertz CT molecular complexity index is 736. The first-order chi connectivity index (χ1) is 12.5. The summed E-state index contributed by atoms with van der Waals surface area (Å²) in [5, 5.41) is 3.73. The van der Waals surface area contributed by atoms with Crippen LogP contribution >= 0.6 is 23.4 Å². The Morgan fingerprint density at radius 1 is 1.23 bits per heavy atom. The second kappa shape index (κ2) is 10.5. The van der Waals surface area contributed by atoms with Gasteiger partial charge in [0.1, 0.15) is 5.75 Å². The summed E-state index contributed by atoms with van der Waals surface area (Å²) in [5.41, 5.74) is 3.43. The molecule has 0 saturated heterocycles. The van der Waals surface area contributed by atoms with Gasteiger partial charge in [0.25, 0.3) is 5.91 Å². The molecule has 2 aromatic carbocycles. The van der Waals surface area contributed by atoms with Crippen molar-refractivity contribution in [3.8, 4) is 5.75 Å². The normalized spacial score (nSPS) is 11.8. The summed E-state index contributed by atoms with van der Waals surface area (Å²) in [7, 11) is 0. The number of ether oxygens (including phenoxy) is 1. The molecule has 3 nitrogen and oxygen atoms in total. The first-order valence-corrected chi connectivity index (χ1v) is 10.4. The SMILES string of the molecule is CC[C@@H](Oc1ccc(C)cc1C)C(=O)NCCSCc1cccc(Cl)c1.